The number of methoxy groups -OCH3 is 1. The zero-order valence-corrected chi connectivity index (χ0v) is 21.9. The van der Waals surface area contributed by atoms with E-state index in [2.05, 4.69) is 5.32 Å². The predicted molar refractivity (Wildman–Crippen MR) is 136 cm³/mol. The van der Waals surface area contributed by atoms with Gasteiger partial charge in [0.2, 0.25) is 15.9 Å². The summed E-state index contributed by atoms with van der Waals surface area (Å²) in [5, 5.41) is 3.59. The molecule has 11 heteroatoms. The van der Waals surface area contributed by atoms with Crippen molar-refractivity contribution in [3.05, 3.63) is 58.9 Å². The number of morpholine rings is 1. The molecule has 2 aromatic carbocycles. The number of amides is 1. The normalized spacial score (nSPS) is 22.2. The molecule has 1 amide bonds. The molecule has 1 unspecified atom stereocenters. The zero-order chi connectivity index (χ0) is 26.0. The third kappa shape index (κ3) is 5.51. The maximum atomic E-state index is 13.3. The largest absolute Gasteiger partial charge is 0.495 e. The highest BCUT2D eigenvalue weighted by Gasteiger charge is 2.41. The highest BCUT2D eigenvalue weighted by atomic mass is 35.5. The number of carbonyl (C=O) groups excluding carboxylic acids is 1. The molecule has 3 atom stereocenters. The first kappa shape index (κ1) is 26.4. The number of ether oxygens (including phenoxy) is 2. The molecule has 8 nitrogen and oxygen atoms in total. The van der Waals surface area contributed by atoms with Crippen LogP contribution in [0, 0.1) is 5.82 Å². The Morgan fingerprint density at radius 3 is 2.42 bits per heavy atom. The molecule has 2 aliphatic heterocycles. The third-order valence-electron chi connectivity index (χ3n) is 6.44. The lowest BCUT2D eigenvalue weighted by Gasteiger charge is -2.48. The number of hydrogen-bond acceptors (Lipinski definition) is 6. The van der Waals surface area contributed by atoms with E-state index in [-0.39, 0.29) is 39.8 Å². The average molecular weight is 538 g/mol. The van der Waals surface area contributed by atoms with Crippen molar-refractivity contribution >= 4 is 39.3 Å². The van der Waals surface area contributed by atoms with E-state index < -0.39 is 10.0 Å². The second-order valence-electron chi connectivity index (χ2n) is 9.06. The van der Waals surface area contributed by atoms with Crippen molar-refractivity contribution in [2.75, 3.05) is 39.7 Å². The molecule has 2 bridgehead atoms. The summed E-state index contributed by atoms with van der Waals surface area (Å²) in [5.74, 6) is -0.215. The third-order valence-corrected chi connectivity index (χ3v) is 8.60. The molecule has 2 saturated heterocycles. The van der Waals surface area contributed by atoms with Crippen molar-refractivity contribution in [2.24, 2.45) is 0 Å². The summed E-state index contributed by atoms with van der Waals surface area (Å²) in [6.45, 7) is 0.819. The summed E-state index contributed by atoms with van der Waals surface area (Å²) in [7, 11) is 0.475. The topological polar surface area (TPSA) is 88.2 Å². The highest BCUT2D eigenvalue weighted by molar-refractivity contribution is 7.89. The summed E-state index contributed by atoms with van der Waals surface area (Å²) >= 11 is 6.20. The molecular weight excluding hydrogens is 509 g/mol. The van der Waals surface area contributed by atoms with Crippen LogP contribution in [0.15, 0.2) is 47.4 Å². The van der Waals surface area contributed by atoms with Crippen molar-refractivity contribution in [3.63, 3.8) is 0 Å². The van der Waals surface area contributed by atoms with Gasteiger partial charge in [0.05, 0.1) is 42.3 Å². The van der Waals surface area contributed by atoms with Gasteiger partial charge in [-0.15, -0.1) is 0 Å². The van der Waals surface area contributed by atoms with Gasteiger partial charge < -0.3 is 19.7 Å². The summed E-state index contributed by atoms with van der Waals surface area (Å²) in [4.78, 5) is 15.1. The summed E-state index contributed by atoms with van der Waals surface area (Å²) in [6, 6.07) is 8.87. The van der Waals surface area contributed by atoms with E-state index in [4.69, 9.17) is 21.1 Å². The van der Waals surface area contributed by atoms with Crippen LogP contribution in [-0.2, 0) is 19.6 Å². The average Bonchev–Trinajstić information content (AvgIpc) is 2.83. The lowest BCUT2D eigenvalue weighted by molar-refractivity contribution is -0.145. The monoisotopic (exact) mass is 537 g/mol. The lowest BCUT2D eigenvalue weighted by atomic mass is 9.89. The first-order chi connectivity index (χ1) is 17.1. The maximum Gasteiger partial charge on any atom is 0.247 e. The number of sulfonamides is 1. The zero-order valence-electron chi connectivity index (χ0n) is 20.3. The lowest BCUT2D eigenvalue weighted by Crippen LogP contribution is -2.60. The first-order valence-electron chi connectivity index (χ1n) is 11.5. The van der Waals surface area contributed by atoms with E-state index in [1.165, 1.54) is 57.6 Å². The van der Waals surface area contributed by atoms with E-state index in [0.717, 1.165) is 9.99 Å². The standard InChI is InChI=1S/C25H29ClFN3O5S/c1-29(2)36(32,33)24-13-22(26)23(34-3)10-16(24)4-9-25(31)30-20-11-19(12-21(30)15-35-14-20)28-18-7-5-17(27)6-8-18/h4-10,13,19-21,28H,11-12,14-15H2,1-3H3/b9-4+/t19?,20-,21+. The number of anilines is 1. The van der Waals surface area contributed by atoms with Crippen molar-refractivity contribution in [1.29, 1.82) is 0 Å². The number of fused-ring (bicyclic) bond motifs is 2. The molecule has 4 rings (SSSR count). The van der Waals surface area contributed by atoms with Gasteiger partial charge in [0.15, 0.2) is 0 Å². The number of piperidine rings is 1. The molecule has 0 aliphatic carbocycles. The Kier molecular flexibility index (Phi) is 7.89. The number of carbonyl (C=O) groups is 1. The van der Waals surface area contributed by atoms with E-state index in [1.807, 2.05) is 4.90 Å². The minimum atomic E-state index is -3.82. The molecular formula is C25H29ClFN3O5S. The van der Waals surface area contributed by atoms with Gasteiger partial charge in [-0.3, -0.25) is 4.79 Å². The van der Waals surface area contributed by atoms with Gasteiger partial charge in [-0.2, -0.15) is 0 Å². The van der Waals surface area contributed by atoms with Gasteiger partial charge >= 0.3 is 0 Å². The number of rotatable bonds is 7. The van der Waals surface area contributed by atoms with Gasteiger partial charge in [0.25, 0.3) is 0 Å². The minimum Gasteiger partial charge on any atom is -0.495 e. The predicted octanol–water partition coefficient (Wildman–Crippen LogP) is 3.62. The maximum absolute atomic E-state index is 13.3. The van der Waals surface area contributed by atoms with Crippen LogP contribution < -0.4 is 10.1 Å². The molecule has 2 fully saturated rings. The molecule has 2 aliphatic rings. The van der Waals surface area contributed by atoms with E-state index in [1.54, 1.807) is 12.1 Å². The molecule has 194 valence electrons. The molecule has 0 spiro atoms. The molecule has 0 saturated carbocycles. The fourth-order valence-corrected chi connectivity index (χ4v) is 6.07. The molecule has 2 heterocycles. The summed E-state index contributed by atoms with van der Waals surface area (Å²) in [5.41, 5.74) is 1.12. The van der Waals surface area contributed by atoms with E-state index >= 15 is 0 Å². The van der Waals surface area contributed by atoms with Crippen LogP contribution >= 0.6 is 11.6 Å². The Labute approximate surface area is 215 Å². The SMILES string of the molecule is COc1cc(/C=C/C(=O)N2[C@@H]3COC[C@H]2CC(Nc2ccc(F)cc2)C3)c(S(=O)(=O)N(C)C)cc1Cl. The fraction of sp³-hybridized carbons (Fsp3) is 0.400. The molecule has 36 heavy (non-hydrogen) atoms. The number of halogens is 2. The van der Waals surface area contributed by atoms with Crippen LogP contribution in [0.1, 0.15) is 18.4 Å². The van der Waals surface area contributed by atoms with Gasteiger partial charge in [0, 0.05) is 31.9 Å². The Balaban J connectivity index is 1.55. The van der Waals surface area contributed by atoms with Gasteiger partial charge in [0.1, 0.15) is 11.6 Å². The fourth-order valence-electron chi connectivity index (χ4n) is 4.68. The van der Waals surface area contributed by atoms with Crippen LogP contribution in [0.3, 0.4) is 0 Å². The van der Waals surface area contributed by atoms with Gasteiger partial charge in [-0.1, -0.05) is 11.6 Å². The first-order valence-corrected chi connectivity index (χ1v) is 13.3. The van der Waals surface area contributed by atoms with Crippen LogP contribution in [0.4, 0.5) is 10.1 Å². The number of nitrogens with zero attached hydrogens (tertiary/aromatic N) is 2. The summed E-state index contributed by atoms with van der Waals surface area (Å²) in [6.07, 6.45) is 4.21. The number of benzene rings is 2. The highest BCUT2D eigenvalue weighted by Crippen LogP contribution is 2.33. The van der Waals surface area contributed by atoms with Crippen molar-refractivity contribution in [1.82, 2.24) is 9.21 Å². The second kappa shape index (κ2) is 10.8. The van der Waals surface area contributed by atoms with Crippen LogP contribution in [-0.4, -0.2) is 76.1 Å². The van der Waals surface area contributed by atoms with Crippen LogP contribution in [0.25, 0.3) is 6.08 Å². The molecule has 0 aromatic heterocycles. The molecule has 2 aromatic rings. The Hall–Kier alpha value is -2.66. The molecule has 0 radical (unpaired) electrons. The summed E-state index contributed by atoms with van der Waals surface area (Å²) < 4.78 is 51.0. The van der Waals surface area contributed by atoms with Crippen molar-refractivity contribution < 1.29 is 27.1 Å². The van der Waals surface area contributed by atoms with Crippen molar-refractivity contribution in [3.8, 4) is 5.75 Å². The minimum absolute atomic E-state index is 0.0203. The number of nitrogens with one attached hydrogen (secondary N) is 1. The van der Waals surface area contributed by atoms with Crippen molar-refractivity contribution in [2.45, 2.75) is 35.9 Å². The smallest absolute Gasteiger partial charge is 0.247 e. The van der Waals surface area contributed by atoms with Gasteiger partial charge in [-0.25, -0.2) is 17.1 Å². The Morgan fingerprint density at radius 2 is 1.83 bits per heavy atom. The van der Waals surface area contributed by atoms with E-state index in [9.17, 15) is 17.6 Å². The van der Waals surface area contributed by atoms with Gasteiger partial charge in [-0.05, 0) is 60.9 Å². The number of hydrogen-bond donors (Lipinski definition) is 1. The quantitative estimate of drug-likeness (QED) is 0.543. The van der Waals surface area contributed by atoms with Crippen LogP contribution in [0.2, 0.25) is 5.02 Å². The Bertz CT molecular complexity index is 1240. The second-order valence-corrected chi connectivity index (χ2v) is 11.6. The van der Waals surface area contributed by atoms with Crippen LogP contribution in [0.5, 0.6) is 5.75 Å². The van der Waals surface area contributed by atoms with E-state index in [0.29, 0.717) is 37.4 Å². The molecule has 1 N–H and O–H groups in total. The Morgan fingerprint density at radius 1 is 1.19 bits per heavy atom.